The lowest BCUT2D eigenvalue weighted by Crippen LogP contribution is -2.49. The summed E-state index contributed by atoms with van der Waals surface area (Å²) in [6.07, 6.45) is 0.167. The van der Waals surface area contributed by atoms with Crippen molar-refractivity contribution < 1.29 is 4.74 Å². The topological polar surface area (TPSA) is 41.7 Å². The number of ether oxygens (including phenoxy) is 1. The molecule has 2 N–H and O–H groups in total. The van der Waals surface area contributed by atoms with Gasteiger partial charge < -0.3 is 10.5 Å². The summed E-state index contributed by atoms with van der Waals surface area (Å²) >= 11 is 0. The molecular formula is C15H25N3O. The van der Waals surface area contributed by atoms with Crippen LogP contribution in [0.15, 0.2) is 30.3 Å². The maximum atomic E-state index is 5.67. The molecule has 0 spiro atoms. The van der Waals surface area contributed by atoms with Crippen molar-refractivity contribution in [3.05, 3.63) is 35.9 Å². The van der Waals surface area contributed by atoms with Crippen molar-refractivity contribution in [3.63, 3.8) is 0 Å². The van der Waals surface area contributed by atoms with E-state index in [1.807, 2.05) is 0 Å². The first kappa shape index (κ1) is 14.5. The van der Waals surface area contributed by atoms with Crippen molar-refractivity contribution >= 4 is 0 Å². The second-order valence-corrected chi connectivity index (χ2v) is 5.16. The van der Waals surface area contributed by atoms with Crippen LogP contribution in [0.4, 0.5) is 0 Å². The number of benzene rings is 1. The molecule has 0 aromatic heterocycles. The molecule has 0 aliphatic carbocycles. The monoisotopic (exact) mass is 263 g/mol. The SMILES string of the molecule is COC(CN)CN1CCN(Cc2ccccc2)CC1. The summed E-state index contributed by atoms with van der Waals surface area (Å²) in [6, 6.07) is 10.7. The number of hydrogen-bond donors (Lipinski definition) is 1. The van der Waals surface area contributed by atoms with Crippen LogP contribution < -0.4 is 5.73 Å². The minimum atomic E-state index is 0.167. The lowest BCUT2D eigenvalue weighted by Gasteiger charge is -2.36. The zero-order valence-electron chi connectivity index (χ0n) is 11.8. The first-order valence-electron chi connectivity index (χ1n) is 7.03. The van der Waals surface area contributed by atoms with E-state index < -0.39 is 0 Å². The van der Waals surface area contributed by atoms with E-state index in [9.17, 15) is 0 Å². The number of nitrogens with zero attached hydrogens (tertiary/aromatic N) is 2. The van der Waals surface area contributed by atoms with E-state index in [2.05, 4.69) is 40.1 Å². The van der Waals surface area contributed by atoms with Gasteiger partial charge in [-0.3, -0.25) is 9.80 Å². The molecule has 4 heteroatoms. The number of nitrogens with two attached hydrogens (primary N) is 1. The van der Waals surface area contributed by atoms with Crippen LogP contribution in [0.2, 0.25) is 0 Å². The third-order valence-electron chi connectivity index (χ3n) is 3.77. The smallest absolute Gasteiger partial charge is 0.0820 e. The summed E-state index contributed by atoms with van der Waals surface area (Å²) in [6.45, 7) is 7.05. The maximum Gasteiger partial charge on any atom is 0.0820 e. The molecule has 1 saturated heterocycles. The Labute approximate surface area is 116 Å². The average molecular weight is 263 g/mol. The third kappa shape index (κ3) is 4.58. The second-order valence-electron chi connectivity index (χ2n) is 5.16. The number of hydrogen-bond acceptors (Lipinski definition) is 4. The van der Waals surface area contributed by atoms with Crippen LogP contribution in [0, 0.1) is 0 Å². The van der Waals surface area contributed by atoms with Crippen LogP contribution in [-0.2, 0) is 11.3 Å². The van der Waals surface area contributed by atoms with Crippen molar-refractivity contribution in [2.45, 2.75) is 12.6 Å². The van der Waals surface area contributed by atoms with Gasteiger partial charge in [-0.25, -0.2) is 0 Å². The van der Waals surface area contributed by atoms with Crippen LogP contribution >= 0.6 is 0 Å². The van der Waals surface area contributed by atoms with Gasteiger partial charge in [-0.15, -0.1) is 0 Å². The zero-order chi connectivity index (χ0) is 13.5. The van der Waals surface area contributed by atoms with Crippen LogP contribution in [0.1, 0.15) is 5.56 Å². The van der Waals surface area contributed by atoms with Crippen LogP contribution in [0.3, 0.4) is 0 Å². The molecule has 1 unspecified atom stereocenters. The number of rotatable bonds is 6. The highest BCUT2D eigenvalue weighted by atomic mass is 16.5. The van der Waals surface area contributed by atoms with Gasteiger partial charge in [0, 0.05) is 52.9 Å². The summed E-state index contributed by atoms with van der Waals surface area (Å²) in [5.41, 5.74) is 7.06. The molecule has 0 radical (unpaired) electrons. The molecule has 1 aromatic rings. The van der Waals surface area contributed by atoms with Gasteiger partial charge in [-0.1, -0.05) is 30.3 Å². The lowest BCUT2D eigenvalue weighted by molar-refractivity contribution is 0.0459. The molecule has 2 rings (SSSR count). The molecule has 19 heavy (non-hydrogen) atoms. The van der Waals surface area contributed by atoms with Gasteiger partial charge in [0.15, 0.2) is 0 Å². The van der Waals surface area contributed by atoms with E-state index in [-0.39, 0.29) is 6.10 Å². The Morgan fingerprint density at radius 1 is 1.11 bits per heavy atom. The normalized spacial score (nSPS) is 19.5. The molecule has 1 fully saturated rings. The highest BCUT2D eigenvalue weighted by molar-refractivity contribution is 5.14. The molecule has 1 aromatic carbocycles. The second kappa shape index (κ2) is 7.60. The van der Waals surface area contributed by atoms with Gasteiger partial charge >= 0.3 is 0 Å². The lowest BCUT2D eigenvalue weighted by atomic mass is 10.2. The van der Waals surface area contributed by atoms with Gasteiger partial charge in [0.2, 0.25) is 0 Å². The van der Waals surface area contributed by atoms with E-state index in [0.717, 1.165) is 39.3 Å². The van der Waals surface area contributed by atoms with Crippen LogP contribution in [0.25, 0.3) is 0 Å². The predicted octanol–water partition coefficient (Wildman–Crippen LogP) is 0.778. The molecule has 0 amide bonds. The molecule has 1 aliphatic heterocycles. The number of piperazine rings is 1. The molecule has 106 valence electrons. The third-order valence-corrected chi connectivity index (χ3v) is 3.77. The van der Waals surface area contributed by atoms with Crippen molar-refractivity contribution in [1.29, 1.82) is 0 Å². The van der Waals surface area contributed by atoms with Crippen molar-refractivity contribution in [1.82, 2.24) is 9.80 Å². The van der Waals surface area contributed by atoms with E-state index in [0.29, 0.717) is 6.54 Å². The van der Waals surface area contributed by atoms with Gasteiger partial charge in [-0.05, 0) is 5.56 Å². The minimum Gasteiger partial charge on any atom is -0.379 e. The maximum absolute atomic E-state index is 5.67. The van der Waals surface area contributed by atoms with Gasteiger partial charge in [0.25, 0.3) is 0 Å². The molecule has 1 aliphatic rings. The Balaban J connectivity index is 1.73. The average Bonchev–Trinajstić information content (AvgIpc) is 2.47. The largest absolute Gasteiger partial charge is 0.379 e. The first-order valence-corrected chi connectivity index (χ1v) is 7.03. The molecular weight excluding hydrogens is 238 g/mol. The first-order chi connectivity index (χ1) is 9.31. The zero-order valence-corrected chi connectivity index (χ0v) is 11.8. The fourth-order valence-electron chi connectivity index (χ4n) is 2.50. The number of methoxy groups -OCH3 is 1. The molecule has 0 saturated carbocycles. The van der Waals surface area contributed by atoms with Crippen LogP contribution in [-0.4, -0.2) is 62.3 Å². The summed E-state index contributed by atoms with van der Waals surface area (Å²) < 4.78 is 5.34. The van der Waals surface area contributed by atoms with Crippen molar-refractivity contribution in [2.24, 2.45) is 5.73 Å². The molecule has 1 heterocycles. The van der Waals surface area contributed by atoms with E-state index in [4.69, 9.17) is 10.5 Å². The molecule has 0 bridgehead atoms. The predicted molar refractivity (Wildman–Crippen MR) is 78.0 cm³/mol. The quantitative estimate of drug-likeness (QED) is 0.823. The fraction of sp³-hybridized carbons (Fsp3) is 0.600. The van der Waals surface area contributed by atoms with Crippen molar-refractivity contribution in [2.75, 3.05) is 46.4 Å². The van der Waals surface area contributed by atoms with Gasteiger partial charge in [-0.2, -0.15) is 0 Å². The van der Waals surface area contributed by atoms with E-state index >= 15 is 0 Å². The summed E-state index contributed by atoms with van der Waals surface area (Å²) in [5, 5.41) is 0. The van der Waals surface area contributed by atoms with Gasteiger partial charge in [0.1, 0.15) is 0 Å². The van der Waals surface area contributed by atoms with Gasteiger partial charge in [0.05, 0.1) is 6.10 Å². The summed E-state index contributed by atoms with van der Waals surface area (Å²) in [5.74, 6) is 0. The Kier molecular flexibility index (Phi) is 5.79. The Morgan fingerprint density at radius 2 is 1.74 bits per heavy atom. The summed E-state index contributed by atoms with van der Waals surface area (Å²) in [7, 11) is 1.74. The Morgan fingerprint density at radius 3 is 2.32 bits per heavy atom. The summed E-state index contributed by atoms with van der Waals surface area (Å²) in [4.78, 5) is 4.96. The Hall–Kier alpha value is -0.940. The van der Waals surface area contributed by atoms with E-state index in [1.54, 1.807) is 7.11 Å². The molecule has 1 atom stereocenters. The van der Waals surface area contributed by atoms with Crippen LogP contribution in [0.5, 0.6) is 0 Å². The van der Waals surface area contributed by atoms with E-state index in [1.165, 1.54) is 5.56 Å². The van der Waals surface area contributed by atoms with Crippen molar-refractivity contribution in [3.8, 4) is 0 Å². The minimum absolute atomic E-state index is 0.167. The fourth-order valence-corrected chi connectivity index (χ4v) is 2.50. The Bertz CT molecular complexity index is 346. The standard InChI is InChI=1S/C15H25N3O/c1-19-15(11-16)13-18-9-7-17(8-10-18)12-14-5-3-2-4-6-14/h2-6,15H,7-13,16H2,1H3. The molecule has 4 nitrogen and oxygen atoms in total. The highest BCUT2D eigenvalue weighted by Crippen LogP contribution is 2.08. The highest BCUT2D eigenvalue weighted by Gasteiger charge is 2.19.